The predicted molar refractivity (Wildman–Crippen MR) is 89.4 cm³/mol. The monoisotopic (exact) mass is 302 g/mol. The molecular weight excluding hydrogens is 288 g/mol. The van der Waals surface area contributed by atoms with Gasteiger partial charge in [-0.1, -0.05) is 35.5 Å². The fourth-order valence-electron chi connectivity index (χ4n) is 2.43. The van der Waals surface area contributed by atoms with E-state index in [1.54, 1.807) is 6.33 Å². The van der Waals surface area contributed by atoms with Gasteiger partial charge in [-0.15, -0.1) is 0 Å². The second-order valence-electron chi connectivity index (χ2n) is 5.26. The van der Waals surface area contributed by atoms with Crippen LogP contribution in [0.2, 0.25) is 0 Å². The Balaban J connectivity index is 1.62. The van der Waals surface area contributed by atoms with E-state index >= 15 is 0 Å². The van der Waals surface area contributed by atoms with E-state index in [-0.39, 0.29) is 0 Å². The zero-order valence-electron chi connectivity index (χ0n) is 12.5. The van der Waals surface area contributed by atoms with Gasteiger partial charge in [-0.2, -0.15) is 4.98 Å². The van der Waals surface area contributed by atoms with Gasteiger partial charge in [0.05, 0.1) is 17.4 Å². The van der Waals surface area contributed by atoms with Crippen LogP contribution in [-0.4, -0.2) is 19.7 Å². The van der Waals surface area contributed by atoms with Crippen LogP contribution < -0.4 is 0 Å². The quantitative estimate of drug-likeness (QED) is 0.577. The number of rotatable bonds is 3. The first kappa shape index (κ1) is 13.5. The molecule has 0 amide bonds. The van der Waals surface area contributed by atoms with E-state index in [2.05, 4.69) is 15.1 Å². The average molecular weight is 302 g/mol. The molecule has 2 aromatic heterocycles. The molecular formula is C18H14N4O. The van der Waals surface area contributed by atoms with Crippen LogP contribution in [0.5, 0.6) is 0 Å². The molecule has 0 radical (unpaired) electrons. The first-order valence-electron chi connectivity index (χ1n) is 7.28. The van der Waals surface area contributed by atoms with E-state index in [1.165, 1.54) is 0 Å². The standard InChI is InChI=1S/C18H14N4O/c1-22-12-19-15-11-14(8-9-16(15)22)18-20-17(23-21-18)10-7-13-5-3-2-4-6-13/h2-12H,1H3/b10-7+. The van der Waals surface area contributed by atoms with E-state index in [4.69, 9.17) is 4.52 Å². The molecule has 0 bridgehead atoms. The Hall–Kier alpha value is -3.21. The maximum atomic E-state index is 5.28. The Morgan fingerprint density at radius 3 is 2.78 bits per heavy atom. The van der Waals surface area contributed by atoms with Crippen LogP contribution in [0, 0.1) is 0 Å². The van der Waals surface area contributed by atoms with E-state index in [9.17, 15) is 0 Å². The lowest BCUT2D eigenvalue weighted by Gasteiger charge is -1.96. The summed E-state index contributed by atoms with van der Waals surface area (Å²) in [6.07, 6.45) is 5.54. The van der Waals surface area contributed by atoms with Gasteiger partial charge in [-0.25, -0.2) is 4.98 Å². The zero-order valence-corrected chi connectivity index (χ0v) is 12.5. The van der Waals surface area contributed by atoms with E-state index in [0.29, 0.717) is 11.7 Å². The van der Waals surface area contributed by atoms with Gasteiger partial charge in [0.15, 0.2) is 0 Å². The van der Waals surface area contributed by atoms with Crippen molar-refractivity contribution in [3.63, 3.8) is 0 Å². The van der Waals surface area contributed by atoms with Crippen LogP contribution in [-0.2, 0) is 7.05 Å². The van der Waals surface area contributed by atoms with E-state index in [1.807, 2.05) is 72.3 Å². The van der Waals surface area contributed by atoms with Crippen molar-refractivity contribution in [2.24, 2.45) is 7.05 Å². The summed E-state index contributed by atoms with van der Waals surface area (Å²) in [5.74, 6) is 1.04. The van der Waals surface area contributed by atoms with Crippen LogP contribution in [0.3, 0.4) is 0 Å². The number of hydrogen-bond donors (Lipinski definition) is 0. The van der Waals surface area contributed by atoms with E-state index in [0.717, 1.165) is 22.2 Å². The molecule has 4 rings (SSSR count). The van der Waals surface area contributed by atoms with Crippen LogP contribution in [0.15, 0.2) is 59.4 Å². The van der Waals surface area contributed by atoms with Crippen molar-refractivity contribution >= 4 is 23.2 Å². The Bertz CT molecular complexity index is 983. The molecule has 0 saturated heterocycles. The van der Waals surface area contributed by atoms with Crippen LogP contribution in [0.1, 0.15) is 11.5 Å². The van der Waals surface area contributed by atoms with Crippen molar-refractivity contribution < 1.29 is 4.52 Å². The molecule has 0 aliphatic rings. The van der Waals surface area contributed by atoms with Gasteiger partial charge in [0.1, 0.15) is 0 Å². The summed E-state index contributed by atoms with van der Waals surface area (Å²) in [4.78, 5) is 8.76. The first-order chi connectivity index (χ1) is 11.3. The third-order valence-corrected chi connectivity index (χ3v) is 3.64. The summed E-state index contributed by atoms with van der Waals surface area (Å²) >= 11 is 0. The minimum absolute atomic E-state index is 0.477. The number of hydrogen-bond acceptors (Lipinski definition) is 4. The van der Waals surface area contributed by atoms with Crippen molar-refractivity contribution in [3.8, 4) is 11.4 Å². The molecule has 4 aromatic rings. The number of aryl methyl sites for hydroxylation is 1. The van der Waals surface area contributed by atoms with Gasteiger partial charge in [0.2, 0.25) is 5.82 Å². The smallest absolute Gasteiger partial charge is 0.250 e. The van der Waals surface area contributed by atoms with Crippen LogP contribution in [0.25, 0.3) is 34.6 Å². The minimum atomic E-state index is 0.477. The number of imidazole rings is 1. The lowest BCUT2D eigenvalue weighted by molar-refractivity contribution is 0.411. The van der Waals surface area contributed by atoms with E-state index < -0.39 is 0 Å². The Labute approximate surface area is 132 Å². The SMILES string of the molecule is Cn1cnc2cc(-c3noc(/C=C/c4ccccc4)n3)ccc21. The highest BCUT2D eigenvalue weighted by Gasteiger charge is 2.09. The molecule has 112 valence electrons. The minimum Gasteiger partial charge on any atom is -0.334 e. The maximum Gasteiger partial charge on any atom is 0.250 e. The normalized spacial score (nSPS) is 11.5. The molecule has 0 spiro atoms. The summed E-state index contributed by atoms with van der Waals surface area (Å²) in [7, 11) is 1.97. The molecule has 23 heavy (non-hydrogen) atoms. The van der Waals surface area contributed by atoms with Gasteiger partial charge in [-0.3, -0.25) is 0 Å². The van der Waals surface area contributed by atoms with Gasteiger partial charge in [0.25, 0.3) is 5.89 Å². The van der Waals surface area contributed by atoms with Crippen molar-refractivity contribution in [2.45, 2.75) is 0 Å². The molecule has 2 heterocycles. The van der Waals surface area contributed by atoms with Crippen molar-refractivity contribution in [2.75, 3.05) is 0 Å². The van der Waals surface area contributed by atoms with Crippen LogP contribution in [0.4, 0.5) is 0 Å². The Kier molecular flexibility index (Phi) is 3.24. The highest BCUT2D eigenvalue weighted by Crippen LogP contribution is 2.21. The fraction of sp³-hybridized carbons (Fsp3) is 0.0556. The summed E-state index contributed by atoms with van der Waals surface area (Å²) in [6, 6.07) is 15.9. The summed E-state index contributed by atoms with van der Waals surface area (Å²) in [5.41, 5.74) is 3.96. The lowest BCUT2D eigenvalue weighted by Crippen LogP contribution is -1.85. The second-order valence-corrected chi connectivity index (χ2v) is 5.26. The average Bonchev–Trinajstić information content (AvgIpc) is 3.21. The number of nitrogens with zero attached hydrogens (tertiary/aromatic N) is 4. The maximum absolute atomic E-state index is 5.28. The molecule has 2 aromatic carbocycles. The highest BCUT2D eigenvalue weighted by atomic mass is 16.5. The Morgan fingerprint density at radius 1 is 1.04 bits per heavy atom. The summed E-state index contributed by atoms with van der Waals surface area (Å²) in [6.45, 7) is 0. The molecule has 0 N–H and O–H groups in total. The van der Waals surface area contributed by atoms with Gasteiger partial charge in [-0.05, 0) is 29.8 Å². The number of benzene rings is 2. The number of aromatic nitrogens is 4. The first-order valence-corrected chi connectivity index (χ1v) is 7.28. The van der Waals surface area contributed by atoms with Crippen molar-refractivity contribution in [1.82, 2.24) is 19.7 Å². The molecule has 0 aliphatic heterocycles. The summed E-state index contributed by atoms with van der Waals surface area (Å²) < 4.78 is 7.26. The lowest BCUT2D eigenvalue weighted by atomic mass is 10.2. The predicted octanol–water partition coefficient (Wildman–Crippen LogP) is 3.79. The van der Waals surface area contributed by atoms with Gasteiger partial charge in [0, 0.05) is 18.7 Å². The van der Waals surface area contributed by atoms with Crippen molar-refractivity contribution in [3.05, 3.63) is 66.3 Å². The van der Waals surface area contributed by atoms with Gasteiger partial charge >= 0.3 is 0 Å². The fourth-order valence-corrected chi connectivity index (χ4v) is 2.43. The van der Waals surface area contributed by atoms with Crippen LogP contribution >= 0.6 is 0 Å². The highest BCUT2D eigenvalue weighted by molar-refractivity contribution is 5.80. The van der Waals surface area contributed by atoms with Gasteiger partial charge < -0.3 is 9.09 Å². The van der Waals surface area contributed by atoms with Crippen molar-refractivity contribution in [1.29, 1.82) is 0 Å². The Morgan fingerprint density at radius 2 is 1.91 bits per heavy atom. The molecule has 5 heteroatoms. The zero-order chi connectivity index (χ0) is 15.6. The largest absolute Gasteiger partial charge is 0.334 e. The number of fused-ring (bicyclic) bond motifs is 1. The second kappa shape index (κ2) is 5.53. The molecule has 0 aliphatic carbocycles. The summed E-state index contributed by atoms with van der Waals surface area (Å²) in [5, 5.41) is 4.04. The third-order valence-electron chi connectivity index (χ3n) is 3.64. The topological polar surface area (TPSA) is 56.7 Å². The molecule has 0 atom stereocenters. The molecule has 0 unspecified atom stereocenters. The molecule has 0 saturated carbocycles. The molecule has 5 nitrogen and oxygen atoms in total. The third kappa shape index (κ3) is 2.64. The molecule has 0 fully saturated rings.